The van der Waals surface area contributed by atoms with Crippen LogP contribution in [0.25, 0.3) is 0 Å². The number of hydrogen-bond donors (Lipinski definition) is 1. The van der Waals surface area contributed by atoms with E-state index in [-0.39, 0.29) is 17.9 Å². The van der Waals surface area contributed by atoms with Crippen LogP contribution in [0.3, 0.4) is 0 Å². The van der Waals surface area contributed by atoms with Crippen molar-refractivity contribution < 1.29 is 23.9 Å². The predicted molar refractivity (Wildman–Crippen MR) is 80.2 cm³/mol. The zero-order valence-corrected chi connectivity index (χ0v) is 14.5. The normalized spacial score (nSPS) is 13.9. The summed E-state index contributed by atoms with van der Waals surface area (Å²) in [6, 6.07) is 0. The Balaban J connectivity index is 4.73. The first-order valence-corrected chi connectivity index (χ1v) is 9.95. The SMILES string of the molecule is CCCOC(=O)C[C@@H](CC(=O)O)O[Si](C)(C)C(C)(C)C. The molecule has 1 N–H and O–H groups in total. The monoisotopic (exact) mass is 304 g/mol. The Hall–Kier alpha value is -0.883. The van der Waals surface area contributed by atoms with Crippen LogP contribution in [-0.4, -0.2) is 38.1 Å². The Labute approximate surface area is 122 Å². The Morgan fingerprint density at radius 2 is 1.75 bits per heavy atom. The highest BCUT2D eigenvalue weighted by Crippen LogP contribution is 2.38. The second-order valence-corrected chi connectivity index (χ2v) is 11.3. The van der Waals surface area contributed by atoms with Crippen molar-refractivity contribution in [2.75, 3.05) is 6.61 Å². The molecule has 6 heteroatoms. The van der Waals surface area contributed by atoms with Crippen LogP contribution in [-0.2, 0) is 18.8 Å². The van der Waals surface area contributed by atoms with E-state index < -0.39 is 26.4 Å². The molecule has 5 nitrogen and oxygen atoms in total. The van der Waals surface area contributed by atoms with Gasteiger partial charge in [-0.05, 0) is 24.6 Å². The number of rotatable bonds is 8. The summed E-state index contributed by atoms with van der Waals surface area (Å²) in [4.78, 5) is 22.6. The van der Waals surface area contributed by atoms with Crippen molar-refractivity contribution in [2.24, 2.45) is 0 Å². The average Bonchev–Trinajstić information content (AvgIpc) is 2.22. The molecule has 0 aliphatic carbocycles. The number of aliphatic carboxylic acids is 1. The predicted octanol–water partition coefficient (Wildman–Crippen LogP) is 3.19. The topological polar surface area (TPSA) is 72.8 Å². The van der Waals surface area contributed by atoms with Gasteiger partial charge >= 0.3 is 11.9 Å². The molecule has 0 spiro atoms. The summed E-state index contributed by atoms with van der Waals surface area (Å²) in [5, 5.41) is 8.93. The minimum atomic E-state index is -2.10. The fourth-order valence-electron chi connectivity index (χ4n) is 1.40. The molecule has 0 aromatic rings. The highest BCUT2D eigenvalue weighted by molar-refractivity contribution is 6.74. The first kappa shape index (κ1) is 19.1. The van der Waals surface area contributed by atoms with Crippen LogP contribution in [0.5, 0.6) is 0 Å². The third-order valence-electron chi connectivity index (χ3n) is 3.53. The fourth-order valence-corrected chi connectivity index (χ4v) is 2.76. The van der Waals surface area contributed by atoms with E-state index in [1.54, 1.807) is 0 Å². The van der Waals surface area contributed by atoms with E-state index in [0.717, 1.165) is 6.42 Å². The number of esters is 1. The lowest BCUT2D eigenvalue weighted by atomic mass is 10.2. The van der Waals surface area contributed by atoms with E-state index in [9.17, 15) is 9.59 Å². The highest BCUT2D eigenvalue weighted by Gasteiger charge is 2.40. The number of carbonyl (C=O) groups is 2. The van der Waals surface area contributed by atoms with Crippen LogP contribution >= 0.6 is 0 Å². The van der Waals surface area contributed by atoms with Crippen LogP contribution in [0.4, 0.5) is 0 Å². The molecule has 20 heavy (non-hydrogen) atoms. The number of carbonyl (C=O) groups excluding carboxylic acids is 1. The second-order valence-electron chi connectivity index (χ2n) is 6.52. The first-order valence-electron chi connectivity index (χ1n) is 7.05. The van der Waals surface area contributed by atoms with Crippen LogP contribution in [0.1, 0.15) is 47.0 Å². The van der Waals surface area contributed by atoms with Gasteiger partial charge in [-0.2, -0.15) is 0 Å². The van der Waals surface area contributed by atoms with E-state index >= 15 is 0 Å². The number of ether oxygens (including phenoxy) is 1. The molecule has 0 aromatic heterocycles. The lowest BCUT2D eigenvalue weighted by Crippen LogP contribution is -2.45. The van der Waals surface area contributed by atoms with Crippen LogP contribution in [0, 0.1) is 0 Å². The van der Waals surface area contributed by atoms with Gasteiger partial charge in [0.15, 0.2) is 8.32 Å². The summed E-state index contributed by atoms with van der Waals surface area (Å²) in [5.41, 5.74) is 0. The molecule has 0 aliphatic rings. The molecule has 0 amide bonds. The zero-order chi connectivity index (χ0) is 16.0. The van der Waals surface area contributed by atoms with Gasteiger partial charge in [-0.3, -0.25) is 9.59 Å². The summed E-state index contributed by atoms with van der Waals surface area (Å²) in [6.45, 7) is 12.6. The maximum Gasteiger partial charge on any atom is 0.308 e. The molecule has 0 saturated heterocycles. The molecule has 0 radical (unpaired) electrons. The first-order chi connectivity index (χ1) is 8.99. The molecule has 0 unspecified atom stereocenters. The molecule has 0 saturated carbocycles. The van der Waals surface area contributed by atoms with E-state index in [4.69, 9.17) is 14.3 Å². The van der Waals surface area contributed by atoms with E-state index in [0.29, 0.717) is 6.61 Å². The molecular formula is C14H28O5Si. The maximum atomic E-state index is 11.6. The van der Waals surface area contributed by atoms with Crippen molar-refractivity contribution in [3.63, 3.8) is 0 Å². The van der Waals surface area contributed by atoms with Gasteiger partial charge in [0, 0.05) is 0 Å². The lowest BCUT2D eigenvalue weighted by Gasteiger charge is -2.38. The van der Waals surface area contributed by atoms with Gasteiger partial charge in [0.1, 0.15) is 0 Å². The second kappa shape index (κ2) is 7.78. The molecule has 0 aromatic carbocycles. The van der Waals surface area contributed by atoms with Crippen molar-refractivity contribution in [1.29, 1.82) is 0 Å². The zero-order valence-electron chi connectivity index (χ0n) is 13.5. The standard InChI is InChI=1S/C14H28O5Si/c1-7-8-18-13(17)10-11(9-12(15)16)19-20(5,6)14(2,3)4/h11H,7-10H2,1-6H3,(H,15,16)/t11-/m1/s1. The van der Waals surface area contributed by atoms with Crippen LogP contribution < -0.4 is 0 Å². The largest absolute Gasteiger partial charge is 0.481 e. The summed E-state index contributed by atoms with van der Waals surface area (Å²) in [7, 11) is -2.10. The summed E-state index contributed by atoms with van der Waals surface area (Å²) in [5.74, 6) is -1.35. The van der Waals surface area contributed by atoms with Gasteiger partial charge in [-0.1, -0.05) is 27.7 Å². The number of hydrogen-bond acceptors (Lipinski definition) is 4. The van der Waals surface area contributed by atoms with Gasteiger partial charge in [0.25, 0.3) is 0 Å². The van der Waals surface area contributed by atoms with Crippen molar-refractivity contribution in [3.8, 4) is 0 Å². The molecule has 0 bridgehead atoms. The van der Waals surface area contributed by atoms with E-state index in [2.05, 4.69) is 20.8 Å². The molecular weight excluding hydrogens is 276 g/mol. The van der Waals surface area contributed by atoms with Gasteiger partial charge < -0.3 is 14.3 Å². The average molecular weight is 304 g/mol. The van der Waals surface area contributed by atoms with Crippen LogP contribution in [0.2, 0.25) is 18.1 Å². The molecule has 0 rings (SSSR count). The Bertz CT molecular complexity index is 333. The summed E-state index contributed by atoms with van der Waals surface area (Å²) in [6.07, 6.45) is -0.0388. The maximum absolute atomic E-state index is 11.6. The van der Waals surface area contributed by atoms with Gasteiger partial charge in [0.2, 0.25) is 0 Å². The van der Waals surface area contributed by atoms with E-state index in [1.807, 2.05) is 20.0 Å². The fraction of sp³-hybridized carbons (Fsp3) is 0.857. The highest BCUT2D eigenvalue weighted by atomic mass is 28.4. The molecule has 0 fully saturated rings. The minimum absolute atomic E-state index is 0.00118. The Morgan fingerprint density at radius 1 is 1.20 bits per heavy atom. The van der Waals surface area contributed by atoms with Crippen molar-refractivity contribution in [1.82, 2.24) is 0 Å². The summed E-state index contributed by atoms with van der Waals surface area (Å²) < 4.78 is 11.0. The quantitative estimate of drug-likeness (QED) is 0.550. The van der Waals surface area contributed by atoms with Crippen LogP contribution in [0.15, 0.2) is 0 Å². The van der Waals surface area contributed by atoms with Crippen molar-refractivity contribution >= 4 is 20.3 Å². The molecule has 0 heterocycles. The third-order valence-corrected chi connectivity index (χ3v) is 8.07. The molecule has 118 valence electrons. The summed E-state index contributed by atoms with van der Waals surface area (Å²) >= 11 is 0. The number of carboxylic acid groups (broad SMARTS) is 1. The third kappa shape index (κ3) is 7.05. The van der Waals surface area contributed by atoms with E-state index in [1.165, 1.54) is 0 Å². The minimum Gasteiger partial charge on any atom is -0.481 e. The van der Waals surface area contributed by atoms with Crippen molar-refractivity contribution in [2.45, 2.75) is 71.2 Å². The Morgan fingerprint density at radius 3 is 2.15 bits per heavy atom. The van der Waals surface area contributed by atoms with Gasteiger partial charge in [-0.15, -0.1) is 0 Å². The Kier molecular flexibility index (Phi) is 7.44. The lowest BCUT2D eigenvalue weighted by molar-refractivity contribution is -0.146. The number of carboxylic acids is 1. The van der Waals surface area contributed by atoms with Gasteiger partial charge in [0.05, 0.1) is 25.6 Å². The molecule has 0 aliphatic heterocycles. The smallest absolute Gasteiger partial charge is 0.308 e. The van der Waals surface area contributed by atoms with Crippen molar-refractivity contribution in [3.05, 3.63) is 0 Å². The molecule has 1 atom stereocenters. The van der Waals surface area contributed by atoms with Gasteiger partial charge in [-0.25, -0.2) is 0 Å².